The number of hydrogen-bond acceptors (Lipinski definition) is 4. The zero-order chi connectivity index (χ0) is 21.4. The van der Waals surface area contributed by atoms with Crippen LogP contribution >= 0.6 is 0 Å². The molecule has 2 rings (SSSR count). The van der Waals surface area contributed by atoms with Crippen molar-refractivity contribution in [1.29, 1.82) is 0 Å². The number of carbonyl (C=O) groups is 2. The zero-order valence-electron chi connectivity index (χ0n) is 17.3. The number of carbonyl (C=O) groups excluding carboxylic acids is 2. The molecule has 0 aliphatic rings. The number of nitrogens with one attached hydrogen (secondary N) is 2. The average molecular weight is 401 g/mol. The summed E-state index contributed by atoms with van der Waals surface area (Å²) in [4.78, 5) is 26.6. The van der Waals surface area contributed by atoms with Gasteiger partial charge in [-0.2, -0.15) is 0 Å². The number of amides is 2. The maximum absolute atomic E-state index is 13.8. The van der Waals surface area contributed by atoms with Crippen molar-refractivity contribution in [3.63, 3.8) is 0 Å². The lowest BCUT2D eigenvalue weighted by molar-refractivity contribution is -0.117. The lowest BCUT2D eigenvalue weighted by atomic mass is 10.1. The van der Waals surface area contributed by atoms with Gasteiger partial charge in [0.15, 0.2) is 11.6 Å². The Kier molecular flexibility index (Phi) is 8.15. The molecule has 29 heavy (non-hydrogen) atoms. The SMILES string of the molecule is COc1ccc(CN(C)CC(=O)Nc2ccccc2C(=O)NCC(C)C)cc1F. The predicted molar refractivity (Wildman–Crippen MR) is 112 cm³/mol. The number of nitrogens with zero attached hydrogens (tertiary/aromatic N) is 1. The highest BCUT2D eigenvalue weighted by atomic mass is 19.1. The standard InChI is InChI=1S/C22H28FN3O3/c1-15(2)12-24-22(28)17-7-5-6-8-19(17)25-21(27)14-26(3)13-16-9-10-20(29-4)18(23)11-16/h5-11,15H,12-14H2,1-4H3,(H,24,28)(H,25,27). The fourth-order valence-electron chi connectivity index (χ4n) is 2.79. The summed E-state index contributed by atoms with van der Waals surface area (Å²) < 4.78 is 18.7. The Labute approximate surface area is 171 Å². The summed E-state index contributed by atoms with van der Waals surface area (Å²) >= 11 is 0. The third kappa shape index (κ3) is 6.87. The number of rotatable bonds is 9. The Balaban J connectivity index is 1.96. The molecular formula is C22H28FN3O3. The zero-order valence-corrected chi connectivity index (χ0v) is 17.3. The number of likely N-dealkylation sites (N-methyl/N-ethyl adjacent to an activating group) is 1. The second-order valence-corrected chi connectivity index (χ2v) is 7.34. The number of ether oxygens (including phenoxy) is 1. The third-order valence-corrected chi connectivity index (χ3v) is 4.20. The fraction of sp³-hybridized carbons (Fsp3) is 0.364. The van der Waals surface area contributed by atoms with Gasteiger partial charge in [-0.1, -0.05) is 32.0 Å². The van der Waals surface area contributed by atoms with Crippen LogP contribution in [-0.4, -0.2) is 44.0 Å². The van der Waals surface area contributed by atoms with Crippen molar-refractivity contribution in [2.24, 2.45) is 5.92 Å². The molecule has 2 N–H and O–H groups in total. The van der Waals surface area contributed by atoms with E-state index in [1.165, 1.54) is 13.2 Å². The Bertz CT molecular complexity index is 855. The maximum Gasteiger partial charge on any atom is 0.253 e. The molecule has 0 saturated carbocycles. The largest absolute Gasteiger partial charge is 0.494 e. The second kappa shape index (κ2) is 10.6. The molecule has 0 heterocycles. The van der Waals surface area contributed by atoms with Gasteiger partial charge in [0, 0.05) is 13.1 Å². The molecule has 0 atom stereocenters. The molecular weight excluding hydrogens is 373 g/mol. The minimum absolute atomic E-state index is 0.0929. The van der Waals surface area contributed by atoms with E-state index in [4.69, 9.17) is 4.74 Å². The first kappa shape index (κ1) is 22.4. The van der Waals surface area contributed by atoms with E-state index in [1.54, 1.807) is 48.3 Å². The quantitative estimate of drug-likeness (QED) is 0.677. The number of methoxy groups -OCH3 is 1. The van der Waals surface area contributed by atoms with E-state index in [1.807, 2.05) is 13.8 Å². The van der Waals surface area contributed by atoms with Gasteiger partial charge in [0.05, 0.1) is 24.9 Å². The first-order valence-corrected chi connectivity index (χ1v) is 9.48. The number of anilines is 1. The first-order valence-electron chi connectivity index (χ1n) is 9.48. The van der Waals surface area contributed by atoms with E-state index in [0.717, 1.165) is 5.56 Å². The minimum atomic E-state index is -0.441. The van der Waals surface area contributed by atoms with E-state index in [9.17, 15) is 14.0 Å². The Morgan fingerprint density at radius 1 is 1.17 bits per heavy atom. The molecule has 156 valence electrons. The number of benzene rings is 2. The number of hydrogen-bond donors (Lipinski definition) is 2. The van der Waals surface area contributed by atoms with Crippen LogP contribution in [0, 0.1) is 11.7 Å². The molecule has 2 amide bonds. The summed E-state index contributed by atoms with van der Waals surface area (Å²) in [6, 6.07) is 11.6. The molecule has 0 saturated heterocycles. The summed E-state index contributed by atoms with van der Waals surface area (Å²) in [7, 11) is 3.18. The summed E-state index contributed by atoms with van der Waals surface area (Å²) in [6.45, 7) is 5.07. The molecule has 0 spiro atoms. The topological polar surface area (TPSA) is 70.7 Å². The number of halogens is 1. The average Bonchev–Trinajstić information content (AvgIpc) is 2.66. The molecule has 0 aliphatic carbocycles. The lowest BCUT2D eigenvalue weighted by Crippen LogP contribution is -2.31. The minimum Gasteiger partial charge on any atom is -0.494 e. The van der Waals surface area contributed by atoms with Crippen molar-refractivity contribution in [2.45, 2.75) is 20.4 Å². The molecule has 0 unspecified atom stereocenters. The van der Waals surface area contributed by atoms with Crippen LogP contribution in [0.4, 0.5) is 10.1 Å². The maximum atomic E-state index is 13.8. The van der Waals surface area contributed by atoms with Crippen LogP contribution < -0.4 is 15.4 Å². The van der Waals surface area contributed by atoms with Crippen molar-refractivity contribution in [3.8, 4) is 5.75 Å². The Hall–Kier alpha value is -2.93. The van der Waals surface area contributed by atoms with Crippen molar-refractivity contribution in [2.75, 3.05) is 32.6 Å². The van der Waals surface area contributed by atoms with Gasteiger partial charge in [-0.25, -0.2) is 4.39 Å². The summed E-state index contributed by atoms with van der Waals surface area (Å²) in [5.74, 6) is -0.412. The van der Waals surface area contributed by atoms with E-state index in [0.29, 0.717) is 30.3 Å². The second-order valence-electron chi connectivity index (χ2n) is 7.34. The van der Waals surface area contributed by atoms with Crippen molar-refractivity contribution in [1.82, 2.24) is 10.2 Å². The van der Waals surface area contributed by atoms with Crippen LogP contribution in [-0.2, 0) is 11.3 Å². The van der Waals surface area contributed by atoms with Gasteiger partial charge >= 0.3 is 0 Å². The first-order chi connectivity index (χ1) is 13.8. The fourth-order valence-corrected chi connectivity index (χ4v) is 2.79. The monoisotopic (exact) mass is 401 g/mol. The predicted octanol–water partition coefficient (Wildman–Crippen LogP) is 3.29. The molecule has 7 heteroatoms. The van der Waals surface area contributed by atoms with Crippen molar-refractivity contribution < 1.29 is 18.7 Å². The molecule has 6 nitrogen and oxygen atoms in total. The highest BCUT2D eigenvalue weighted by Crippen LogP contribution is 2.19. The van der Waals surface area contributed by atoms with Gasteiger partial charge in [-0.15, -0.1) is 0 Å². The highest BCUT2D eigenvalue weighted by Gasteiger charge is 2.15. The molecule has 0 aromatic heterocycles. The molecule has 2 aromatic rings. The highest BCUT2D eigenvalue weighted by molar-refractivity contribution is 6.04. The lowest BCUT2D eigenvalue weighted by Gasteiger charge is -2.18. The van der Waals surface area contributed by atoms with Gasteiger partial charge in [-0.05, 0) is 42.8 Å². The Morgan fingerprint density at radius 3 is 2.55 bits per heavy atom. The van der Waals surface area contributed by atoms with Gasteiger partial charge in [0.25, 0.3) is 5.91 Å². The number of para-hydroxylation sites is 1. The molecule has 0 bridgehead atoms. The smallest absolute Gasteiger partial charge is 0.253 e. The van der Waals surface area contributed by atoms with Gasteiger partial charge < -0.3 is 15.4 Å². The normalized spacial score (nSPS) is 10.9. The van der Waals surface area contributed by atoms with E-state index in [-0.39, 0.29) is 24.1 Å². The van der Waals surface area contributed by atoms with Crippen LogP contribution in [0.2, 0.25) is 0 Å². The van der Waals surface area contributed by atoms with Crippen LogP contribution in [0.3, 0.4) is 0 Å². The van der Waals surface area contributed by atoms with Crippen molar-refractivity contribution in [3.05, 3.63) is 59.4 Å². The van der Waals surface area contributed by atoms with E-state index < -0.39 is 5.82 Å². The van der Waals surface area contributed by atoms with Gasteiger partial charge in [0.1, 0.15) is 0 Å². The van der Waals surface area contributed by atoms with Crippen LogP contribution in [0.1, 0.15) is 29.8 Å². The molecule has 0 fully saturated rings. The third-order valence-electron chi connectivity index (χ3n) is 4.20. The molecule has 0 radical (unpaired) electrons. The molecule has 0 aliphatic heterocycles. The summed E-state index contributed by atoms with van der Waals surface area (Å²) in [6.07, 6.45) is 0. The van der Waals surface area contributed by atoms with Crippen molar-refractivity contribution >= 4 is 17.5 Å². The van der Waals surface area contributed by atoms with Crippen LogP contribution in [0.25, 0.3) is 0 Å². The van der Waals surface area contributed by atoms with E-state index in [2.05, 4.69) is 10.6 Å². The van der Waals surface area contributed by atoms with E-state index >= 15 is 0 Å². The van der Waals surface area contributed by atoms with Crippen LogP contribution in [0.5, 0.6) is 5.75 Å². The van der Waals surface area contributed by atoms with Gasteiger partial charge in [-0.3, -0.25) is 14.5 Å². The van der Waals surface area contributed by atoms with Crippen LogP contribution in [0.15, 0.2) is 42.5 Å². The molecule has 2 aromatic carbocycles. The summed E-state index contributed by atoms with van der Waals surface area (Å²) in [5.41, 5.74) is 1.61. The van der Waals surface area contributed by atoms with Gasteiger partial charge in [0.2, 0.25) is 5.91 Å². The summed E-state index contributed by atoms with van der Waals surface area (Å²) in [5, 5.41) is 5.64. The Morgan fingerprint density at radius 2 is 1.90 bits per heavy atom.